The van der Waals surface area contributed by atoms with Crippen molar-refractivity contribution in [2.75, 3.05) is 59.0 Å². The summed E-state index contributed by atoms with van der Waals surface area (Å²) in [6.45, 7) is 7.71. The quantitative estimate of drug-likeness (QED) is 0.737. The van der Waals surface area contributed by atoms with E-state index in [1.54, 1.807) is 0 Å². The number of amides is 1. The number of morpholine rings is 1. The van der Waals surface area contributed by atoms with E-state index in [-0.39, 0.29) is 11.7 Å². The lowest BCUT2D eigenvalue weighted by Gasteiger charge is -2.28. The Bertz CT molecular complexity index is 312. The molecule has 0 aromatic rings. The molecule has 1 N–H and O–H groups in total. The van der Waals surface area contributed by atoms with Gasteiger partial charge in [-0.05, 0) is 6.54 Å². The van der Waals surface area contributed by atoms with Crippen LogP contribution in [0.25, 0.3) is 0 Å². The summed E-state index contributed by atoms with van der Waals surface area (Å²) in [4.78, 5) is 16.0. The van der Waals surface area contributed by atoms with Crippen LogP contribution in [-0.4, -0.2) is 80.5 Å². The number of ether oxygens (including phenoxy) is 2. The Balaban J connectivity index is 1.49. The van der Waals surface area contributed by atoms with Crippen LogP contribution >= 0.6 is 0 Å². The smallest absolute Gasteiger partial charge is 0.410 e. The lowest BCUT2D eigenvalue weighted by atomic mass is 10.0. The Kier molecular flexibility index (Phi) is 3.41. The predicted octanol–water partition coefficient (Wildman–Crippen LogP) is -0.497. The van der Waals surface area contributed by atoms with Gasteiger partial charge in [0.2, 0.25) is 0 Å². The molecule has 3 rings (SSSR count). The molecular formula is C12H21N3O3. The SMILES string of the molecule is O=C1OC2(CCNC2)CN1CCN1CCOCC1. The number of nitrogens with zero attached hydrogens (tertiary/aromatic N) is 2. The molecule has 6 nitrogen and oxygen atoms in total. The first-order chi connectivity index (χ1) is 8.77. The van der Waals surface area contributed by atoms with Gasteiger partial charge in [-0.25, -0.2) is 4.79 Å². The van der Waals surface area contributed by atoms with Crippen LogP contribution < -0.4 is 5.32 Å². The van der Waals surface area contributed by atoms with E-state index in [4.69, 9.17) is 9.47 Å². The van der Waals surface area contributed by atoms with Gasteiger partial charge >= 0.3 is 6.09 Å². The monoisotopic (exact) mass is 255 g/mol. The van der Waals surface area contributed by atoms with Crippen LogP contribution in [0, 0.1) is 0 Å². The highest BCUT2D eigenvalue weighted by Crippen LogP contribution is 2.28. The maximum Gasteiger partial charge on any atom is 0.410 e. The topological polar surface area (TPSA) is 54.0 Å². The van der Waals surface area contributed by atoms with Crippen molar-refractivity contribution in [1.29, 1.82) is 0 Å². The van der Waals surface area contributed by atoms with E-state index in [2.05, 4.69) is 10.2 Å². The van der Waals surface area contributed by atoms with Gasteiger partial charge in [0.1, 0.15) is 5.60 Å². The molecule has 1 spiro atoms. The van der Waals surface area contributed by atoms with E-state index in [1.165, 1.54) is 0 Å². The Morgan fingerprint density at radius 3 is 2.83 bits per heavy atom. The van der Waals surface area contributed by atoms with E-state index in [0.717, 1.165) is 65.4 Å². The van der Waals surface area contributed by atoms with E-state index in [0.29, 0.717) is 0 Å². The minimum atomic E-state index is -0.248. The molecule has 6 heteroatoms. The van der Waals surface area contributed by atoms with Gasteiger partial charge in [-0.2, -0.15) is 0 Å². The molecule has 1 unspecified atom stereocenters. The number of carbonyl (C=O) groups is 1. The molecule has 0 radical (unpaired) electrons. The first-order valence-corrected chi connectivity index (χ1v) is 6.76. The molecule has 3 heterocycles. The van der Waals surface area contributed by atoms with Gasteiger partial charge in [0.25, 0.3) is 0 Å². The van der Waals surface area contributed by atoms with Crippen molar-refractivity contribution >= 4 is 6.09 Å². The molecule has 1 atom stereocenters. The van der Waals surface area contributed by atoms with E-state index >= 15 is 0 Å². The minimum Gasteiger partial charge on any atom is -0.439 e. The third-order valence-corrected chi connectivity index (χ3v) is 4.04. The fourth-order valence-electron chi connectivity index (χ4n) is 2.89. The van der Waals surface area contributed by atoms with Crippen LogP contribution in [0.2, 0.25) is 0 Å². The molecule has 1 amide bonds. The highest BCUT2D eigenvalue weighted by atomic mass is 16.6. The van der Waals surface area contributed by atoms with Gasteiger partial charge in [0.15, 0.2) is 0 Å². The molecule has 3 fully saturated rings. The van der Waals surface area contributed by atoms with Crippen LogP contribution in [0.5, 0.6) is 0 Å². The number of hydrogen-bond donors (Lipinski definition) is 1. The summed E-state index contributed by atoms with van der Waals surface area (Å²) in [5, 5.41) is 3.27. The maximum absolute atomic E-state index is 11.8. The van der Waals surface area contributed by atoms with Crippen molar-refractivity contribution in [3.63, 3.8) is 0 Å². The van der Waals surface area contributed by atoms with Gasteiger partial charge in [-0.15, -0.1) is 0 Å². The molecule has 102 valence electrons. The van der Waals surface area contributed by atoms with E-state index in [9.17, 15) is 4.79 Å². The molecule has 0 aromatic heterocycles. The van der Waals surface area contributed by atoms with Gasteiger partial charge in [0, 0.05) is 39.1 Å². The van der Waals surface area contributed by atoms with Gasteiger partial charge < -0.3 is 19.7 Å². The second kappa shape index (κ2) is 5.03. The molecule has 18 heavy (non-hydrogen) atoms. The maximum atomic E-state index is 11.8. The molecular weight excluding hydrogens is 234 g/mol. The lowest BCUT2D eigenvalue weighted by molar-refractivity contribution is 0.0353. The Morgan fingerprint density at radius 1 is 1.28 bits per heavy atom. The van der Waals surface area contributed by atoms with Crippen LogP contribution in [0.1, 0.15) is 6.42 Å². The first-order valence-electron chi connectivity index (χ1n) is 6.76. The minimum absolute atomic E-state index is 0.146. The number of hydrogen-bond acceptors (Lipinski definition) is 5. The molecule has 0 aliphatic carbocycles. The van der Waals surface area contributed by atoms with Crippen LogP contribution in [0.4, 0.5) is 4.79 Å². The zero-order chi connectivity index (χ0) is 12.4. The molecule has 0 aromatic carbocycles. The summed E-state index contributed by atoms with van der Waals surface area (Å²) in [6.07, 6.45) is 0.791. The number of nitrogens with one attached hydrogen (secondary N) is 1. The Labute approximate surface area is 107 Å². The molecule has 3 saturated heterocycles. The van der Waals surface area contributed by atoms with Gasteiger partial charge in [-0.3, -0.25) is 4.90 Å². The van der Waals surface area contributed by atoms with Crippen molar-refractivity contribution in [3.8, 4) is 0 Å². The average molecular weight is 255 g/mol. The molecule has 3 aliphatic rings. The zero-order valence-electron chi connectivity index (χ0n) is 10.7. The molecule has 0 bridgehead atoms. The summed E-state index contributed by atoms with van der Waals surface area (Å²) >= 11 is 0. The second-order valence-corrected chi connectivity index (χ2v) is 5.35. The zero-order valence-corrected chi connectivity index (χ0v) is 10.7. The van der Waals surface area contributed by atoms with Crippen LogP contribution in [0.15, 0.2) is 0 Å². The standard InChI is InChI=1S/C12H21N3O3/c16-11-15(4-3-14-5-7-17-8-6-14)10-12(18-11)1-2-13-9-12/h13H,1-10H2. The van der Waals surface area contributed by atoms with Crippen molar-refractivity contribution in [2.24, 2.45) is 0 Å². The average Bonchev–Trinajstić information content (AvgIpc) is 2.96. The normalized spacial score (nSPS) is 33.3. The van der Waals surface area contributed by atoms with Crippen molar-refractivity contribution in [1.82, 2.24) is 15.1 Å². The number of rotatable bonds is 3. The predicted molar refractivity (Wildman–Crippen MR) is 65.5 cm³/mol. The Hall–Kier alpha value is -0.850. The molecule has 3 aliphatic heterocycles. The van der Waals surface area contributed by atoms with Crippen molar-refractivity contribution < 1.29 is 14.3 Å². The Morgan fingerprint density at radius 2 is 2.11 bits per heavy atom. The second-order valence-electron chi connectivity index (χ2n) is 5.35. The first kappa shape index (κ1) is 12.2. The van der Waals surface area contributed by atoms with Crippen molar-refractivity contribution in [3.05, 3.63) is 0 Å². The largest absolute Gasteiger partial charge is 0.439 e. The summed E-state index contributed by atoms with van der Waals surface area (Å²) < 4.78 is 10.9. The summed E-state index contributed by atoms with van der Waals surface area (Å²) in [5.41, 5.74) is -0.248. The highest BCUT2D eigenvalue weighted by molar-refractivity contribution is 5.70. The van der Waals surface area contributed by atoms with Crippen LogP contribution in [0.3, 0.4) is 0 Å². The highest BCUT2D eigenvalue weighted by Gasteiger charge is 2.46. The molecule has 0 saturated carbocycles. The van der Waals surface area contributed by atoms with E-state index in [1.807, 2.05) is 4.90 Å². The lowest BCUT2D eigenvalue weighted by Crippen LogP contribution is -2.42. The third-order valence-electron chi connectivity index (χ3n) is 4.04. The summed E-state index contributed by atoms with van der Waals surface area (Å²) in [5.74, 6) is 0. The third kappa shape index (κ3) is 2.46. The van der Waals surface area contributed by atoms with Crippen LogP contribution in [-0.2, 0) is 9.47 Å². The van der Waals surface area contributed by atoms with Gasteiger partial charge in [0.05, 0.1) is 19.8 Å². The summed E-state index contributed by atoms with van der Waals surface area (Å²) in [6, 6.07) is 0. The summed E-state index contributed by atoms with van der Waals surface area (Å²) in [7, 11) is 0. The van der Waals surface area contributed by atoms with Gasteiger partial charge in [-0.1, -0.05) is 0 Å². The van der Waals surface area contributed by atoms with Crippen molar-refractivity contribution in [2.45, 2.75) is 12.0 Å². The van der Waals surface area contributed by atoms with E-state index < -0.39 is 0 Å². The number of carbonyl (C=O) groups excluding carboxylic acids is 1. The fourth-order valence-corrected chi connectivity index (χ4v) is 2.89. The fraction of sp³-hybridized carbons (Fsp3) is 0.917.